The first kappa shape index (κ1) is 11.8. The summed E-state index contributed by atoms with van der Waals surface area (Å²) in [7, 11) is 0. The summed E-state index contributed by atoms with van der Waals surface area (Å²) in [5.74, 6) is 0.734. The van der Waals surface area contributed by atoms with Crippen molar-refractivity contribution in [3.63, 3.8) is 0 Å². The van der Waals surface area contributed by atoms with E-state index in [1.165, 1.54) is 4.68 Å². The van der Waals surface area contributed by atoms with Gasteiger partial charge in [-0.25, -0.2) is 4.68 Å². The van der Waals surface area contributed by atoms with Crippen LogP contribution in [0, 0.1) is 5.92 Å². The molecule has 0 radical (unpaired) electrons. The van der Waals surface area contributed by atoms with Gasteiger partial charge in [0.25, 0.3) is 0 Å². The highest BCUT2D eigenvalue weighted by molar-refractivity contribution is 5.40. The Morgan fingerprint density at radius 3 is 2.89 bits per heavy atom. The molecule has 0 aromatic carbocycles. The molecule has 2 unspecified atom stereocenters. The zero-order valence-corrected chi connectivity index (χ0v) is 9.70. The second-order valence-corrected chi connectivity index (χ2v) is 4.76. The summed E-state index contributed by atoms with van der Waals surface area (Å²) in [5.41, 5.74) is -0.823. The lowest BCUT2D eigenvalue weighted by Gasteiger charge is -2.29. The number of anilines is 1. The first-order chi connectivity index (χ1) is 8.55. The van der Waals surface area contributed by atoms with Gasteiger partial charge in [-0.3, -0.25) is 0 Å². The van der Waals surface area contributed by atoms with E-state index in [4.69, 9.17) is 4.74 Å². The number of hydrogen-bond acceptors (Lipinski definition) is 3. The Labute approximate surface area is 102 Å². The van der Waals surface area contributed by atoms with Crippen LogP contribution in [0.2, 0.25) is 0 Å². The molecular formula is C11H14F3N3O. The van der Waals surface area contributed by atoms with Crippen molar-refractivity contribution in [2.75, 3.05) is 25.1 Å². The quantitative estimate of drug-likeness (QED) is 0.843. The smallest absolute Gasteiger partial charge is 0.381 e. The predicted molar refractivity (Wildman–Crippen MR) is 58.3 cm³/mol. The largest absolute Gasteiger partial charge is 0.435 e. The highest BCUT2D eigenvalue weighted by Gasteiger charge is 2.38. The van der Waals surface area contributed by atoms with Crippen LogP contribution >= 0.6 is 0 Å². The third-order valence-electron chi connectivity index (χ3n) is 3.60. The van der Waals surface area contributed by atoms with Crippen molar-refractivity contribution in [3.05, 3.63) is 11.8 Å². The van der Waals surface area contributed by atoms with Crippen LogP contribution in [0.3, 0.4) is 0 Å². The molecular weight excluding hydrogens is 247 g/mol. The first-order valence-corrected chi connectivity index (χ1v) is 6.04. The Morgan fingerprint density at radius 1 is 1.39 bits per heavy atom. The summed E-state index contributed by atoms with van der Waals surface area (Å²) < 4.78 is 44.8. The lowest BCUT2D eigenvalue weighted by Crippen LogP contribution is -2.29. The molecule has 1 aromatic heterocycles. The fourth-order valence-electron chi connectivity index (χ4n) is 2.68. The monoisotopic (exact) mass is 261 g/mol. The van der Waals surface area contributed by atoms with Gasteiger partial charge in [-0.1, -0.05) is 0 Å². The first-order valence-electron chi connectivity index (χ1n) is 6.04. The SMILES string of the molecule is FC(F)(F)c1cc2n(n1)C(C1CCOC1)CCN2. The van der Waals surface area contributed by atoms with Crippen molar-refractivity contribution >= 4 is 5.82 Å². The van der Waals surface area contributed by atoms with Crippen molar-refractivity contribution < 1.29 is 17.9 Å². The van der Waals surface area contributed by atoms with E-state index in [1.54, 1.807) is 0 Å². The third kappa shape index (κ3) is 1.96. The number of halogens is 3. The van der Waals surface area contributed by atoms with Gasteiger partial charge >= 0.3 is 6.18 Å². The lowest BCUT2D eigenvalue weighted by molar-refractivity contribution is -0.141. The molecule has 1 fully saturated rings. The second-order valence-electron chi connectivity index (χ2n) is 4.76. The van der Waals surface area contributed by atoms with E-state index in [-0.39, 0.29) is 12.0 Å². The summed E-state index contributed by atoms with van der Waals surface area (Å²) in [4.78, 5) is 0. The van der Waals surface area contributed by atoms with Crippen molar-refractivity contribution in [2.24, 2.45) is 5.92 Å². The number of fused-ring (bicyclic) bond motifs is 1. The van der Waals surface area contributed by atoms with Crippen LogP contribution in [-0.4, -0.2) is 29.5 Å². The molecule has 3 heterocycles. The normalized spacial score (nSPS) is 27.9. The lowest BCUT2D eigenvalue weighted by atomic mass is 9.95. The predicted octanol–water partition coefficient (Wildman–Crippen LogP) is 2.30. The van der Waals surface area contributed by atoms with Crippen molar-refractivity contribution in [2.45, 2.75) is 25.1 Å². The van der Waals surface area contributed by atoms with Crippen LogP contribution in [0.25, 0.3) is 0 Å². The maximum absolute atomic E-state index is 12.7. The van der Waals surface area contributed by atoms with E-state index in [0.717, 1.165) is 18.9 Å². The Kier molecular flexibility index (Phi) is 2.73. The van der Waals surface area contributed by atoms with Gasteiger partial charge in [0.2, 0.25) is 0 Å². The molecule has 0 amide bonds. The Bertz CT molecular complexity index is 437. The molecule has 100 valence electrons. The van der Waals surface area contributed by atoms with Crippen molar-refractivity contribution in [3.8, 4) is 0 Å². The third-order valence-corrected chi connectivity index (χ3v) is 3.60. The van der Waals surface area contributed by atoms with Crippen LogP contribution in [0.4, 0.5) is 19.0 Å². The molecule has 1 N–H and O–H groups in total. The van der Waals surface area contributed by atoms with Gasteiger partial charge in [0.05, 0.1) is 12.6 Å². The number of aromatic nitrogens is 2. The molecule has 0 saturated carbocycles. The summed E-state index contributed by atoms with van der Waals surface area (Å²) in [6.07, 6.45) is -2.70. The van der Waals surface area contributed by atoms with Crippen molar-refractivity contribution in [1.29, 1.82) is 0 Å². The highest BCUT2D eigenvalue weighted by Crippen LogP contribution is 2.37. The molecule has 4 nitrogen and oxygen atoms in total. The number of nitrogens with one attached hydrogen (secondary N) is 1. The molecule has 2 aliphatic rings. The minimum atomic E-state index is -4.39. The Morgan fingerprint density at radius 2 is 2.22 bits per heavy atom. The van der Waals surface area contributed by atoms with Gasteiger partial charge in [0.1, 0.15) is 5.82 Å². The molecule has 0 spiro atoms. The van der Waals surface area contributed by atoms with Gasteiger partial charge < -0.3 is 10.1 Å². The van der Waals surface area contributed by atoms with E-state index < -0.39 is 11.9 Å². The minimum Gasteiger partial charge on any atom is -0.381 e. The van der Waals surface area contributed by atoms with E-state index >= 15 is 0 Å². The minimum absolute atomic E-state index is 0.0137. The Hall–Kier alpha value is -1.24. The van der Waals surface area contributed by atoms with E-state index in [2.05, 4.69) is 10.4 Å². The van der Waals surface area contributed by atoms with Gasteiger partial charge in [-0.15, -0.1) is 0 Å². The van der Waals surface area contributed by atoms with Crippen LogP contribution in [0.1, 0.15) is 24.6 Å². The molecule has 1 aromatic rings. The van der Waals surface area contributed by atoms with Gasteiger partial charge in [-0.2, -0.15) is 18.3 Å². The summed E-state index contributed by atoms with van der Waals surface area (Å²) in [5, 5.41) is 6.69. The van der Waals surface area contributed by atoms with E-state index in [1.807, 2.05) is 0 Å². The molecule has 1 saturated heterocycles. The summed E-state index contributed by atoms with van der Waals surface area (Å²) in [6.45, 7) is 1.99. The second kappa shape index (κ2) is 4.15. The molecule has 3 rings (SSSR count). The zero-order chi connectivity index (χ0) is 12.8. The van der Waals surface area contributed by atoms with Gasteiger partial charge in [-0.05, 0) is 12.8 Å². The van der Waals surface area contributed by atoms with Crippen LogP contribution in [0.15, 0.2) is 6.07 Å². The summed E-state index contributed by atoms with van der Waals surface area (Å²) in [6, 6.07) is 1.10. The van der Waals surface area contributed by atoms with Gasteiger partial charge in [0, 0.05) is 25.1 Å². The number of rotatable bonds is 1. The standard InChI is InChI=1S/C11H14F3N3O/c12-11(13,14)9-5-10-15-3-1-8(17(10)16-9)7-2-4-18-6-7/h5,7-8,15H,1-4,6H2. The van der Waals surface area contributed by atoms with Crippen LogP contribution in [0.5, 0.6) is 0 Å². The maximum Gasteiger partial charge on any atom is 0.435 e. The van der Waals surface area contributed by atoms with E-state index in [0.29, 0.717) is 25.6 Å². The number of hydrogen-bond donors (Lipinski definition) is 1. The topological polar surface area (TPSA) is 39.1 Å². The average molecular weight is 261 g/mol. The van der Waals surface area contributed by atoms with Crippen molar-refractivity contribution in [1.82, 2.24) is 9.78 Å². The number of nitrogens with zero attached hydrogens (tertiary/aromatic N) is 2. The number of ether oxygens (including phenoxy) is 1. The molecule has 2 aliphatic heterocycles. The van der Waals surface area contributed by atoms with Crippen LogP contribution < -0.4 is 5.32 Å². The average Bonchev–Trinajstić information content (AvgIpc) is 2.96. The summed E-state index contributed by atoms with van der Waals surface area (Å²) >= 11 is 0. The zero-order valence-electron chi connectivity index (χ0n) is 9.70. The Balaban J connectivity index is 1.92. The van der Waals surface area contributed by atoms with Crippen LogP contribution in [-0.2, 0) is 10.9 Å². The van der Waals surface area contributed by atoms with E-state index in [9.17, 15) is 13.2 Å². The fraction of sp³-hybridized carbons (Fsp3) is 0.727. The van der Waals surface area contributed by atoms with Gasteiger partial charge in [0.15, 0.2) is 5.69 Å². The fourth-order valence-corrected chi connectivity index (χ4v) is 2.68. The molecule has 2 atom stereocenters. The highest BCUT2D eigenvalue weighted by atomic mass is 19.4. The molecule has 0 aliphatic carbocycles. The maximum atomic E-state index is 12.7. The molecule has 0 bridgehead atoms. The molecule has 7 heteroatoms. The number of alkyl halides is 3. The molecule has 18 heavy (non-hydrogen) atoms.